The van der Waals surface area contributed by atoms with Crippen molar-refractivity contribution in [2.45, 2.75) is 20.3 Å². The van der Waals surface area contributed by atoms with Crippen molar-refractivity contribution in [3.05, 3.63) is 71.3 Å². The van der Waals surface area contributed by atoms with E-state index in [0.717, 1.165) is 48.7 Å². The zero-order valence-electron chi connectivity index (χ0n) is 17.0. The van der Waals surface area contributed by atoms with Crippen molar-refractivity contribution in [1.82, 2.24) is 0 Å². The van der Waals surface area contributed by atoms with E-state index in [-0.39, 0.29) is 17.0 Å². The number of carbonyl (C=O) groups excluding carboxylic acids is 2. The van der Waals surface area contributed by atoms with Gasteiger partial charge in [0.15, 0.2) is 0 Å². The molecular weight excluding hydrogens is 372 g/mol. The standard InChI is InChI=1S/C26H22N2O2/c1-13(2)12-19-17-10-5-9-16-15-8-3-6-14-7-4-11-18(20(14)15)22(21(16)17)24(26(28)30)23(19)25(27)29/h3-11,13H,12H2,1-2H3,(H2,27,29)(H2,28,30). The minimum absolute atomic E-state index is 0.236. The summed E-state index contributed by atoms with van der Waals surface area (Å²) in [6, 6.07) is 18.3. The fraction of sp³-hybridized carbons (Fsp3) is 0.154. The van der Waals surface area contributed by atoms with Crippen LogP contribution < -0.4 is 11.5 Å². The second-order valence-electron chi connectivity index (χ2n) is 8.37. The Balaban J connectivity index is 2.21. The van der Waals surface area contributed by atoms with Crippen molar-refractivity contribution in [3.8, 4) is 0 Å². The molecule has 0 bridgehead atoms. The Morgan fingerprint density at radius 3 is 1.83 bits per heavy atom. The first-order valence-corrected chi connectivity index (χ1v) is 10.1. The third kappa shape index (κ3) is 2.40. The van der Waals surface area contributed by atoms with Gasteiger partial charge in [-0.2, -0.15) is 0 Å². The number of hydrogen-bond donors (Lipinski definition) is 2. The van der Waals surface area contributed by atoms with Gasteiger partial charge in [0.05, 0.1) is 11.1 Å². The Hall–Kier alpha value is -3.66. The molecule has 5 aromatic carbocycles. The van der Waals surface area contributed by atoms with Crippen LogP contribution in [0.25, 0.3) is 43.1 Å². The molecule has 0 unspecified atom stereocenters. The summed E-state index contributed by atoms with van der Waals surface area (Å²) in [4.78, 5) is 25.4. The summed E-state index contributed by atoms with van der Waals surface area (Å²) >= 11 is 0. The van der Waals surface area contributed by atoms with Crippen LogP contribution in [0.1, 0.15) is 40.1 Å². The monoisotopic (exact) mass is 394 g/mol. The molecule has 0 aliphatic rings. The summed E-state index contributed by atoms with van der Waals surface area (Å²) in [5.41, 5.74) is 13.0. The number of benzene rings is 5. The number of carbonyl (C=O) groups is 2. The van der Waals surface area contributed by atoms with Crippen molar-refractivity contribution >= 4 is 54.9 Å². The molecule has 5 aromatic rings. The summed E-state index contributed by atoms with van der Waals surface area (Å²) in [7, 11) is 0. The largest absolute Gasteiger partial charge is 0.366 e. The molecule has 5 rings (SSSR count). The molecule has 148 valence electrons. The second kappa shape index (κ2) is 6.42. The molecule has 0 aliphatic heterocycles. The molecule has 0 saturated carbocycles. The minimum Gasteiger partial charge on any atom is -0.366 e. The van der Waals surface area contributed by atoms with Crippen LogP contribution in [0.4, 0.5) is 0 Å². The van der Waals surface area contributed by atoms with Crippen LogP contribution in [-0.4, -0.2) is 11.8 Å². The zero-order valence-corrected chi connectivity index (χ0v) is 17.0. The predicted molar refractivity (Wildman–Crippen MR) is 123 cm³/mol. The number of rotatable bonds is 4. The van der Waals surface area contributed by atoms with Crippen LogP contribution in [0.2, 0.25) is 0 Å². The number of amides is 2. The maximum atomic E-state index is 12.8. The Morgan fingerprint density at radius 1 is 0.700 bits per heavy atom. The quantitative estimate of drug-likeness (QED) is 0.327. The lowest BCUT2D eigenvalue weighted by atomic mass is 9.81. The van der Waals surface area contributed by atoms with Crippen molar-refractivity contribution in [1.29, 1.82) is 0 Å². The molecule has 0 fully saturated rings. The fourth-order valence-electron chi connectivity index (χ4n) is 5.01. The van der Waals surface area contributed by atoms with Gasteiger partial charge in [0, 0.05) is 5.39 Å². The highest BCUT2D eigenvalue weighted by Gasteiger charge is 2.27. The van der Waals surface area contributed by atoms with Gasteiger partial charge in [-0.25, -0.2) is 0 Å². The first-order chi connectivity index (χ1) is 14.4. The normalized spacial score (nSPS) is 12.0. The highest BCUT2D eigenvalue weighted by molar-refractivity contribution is 6.37. The highest BCUT2D eigenvalue weighted by Crippen LogP contribution is 2.44. The number of fused-ring (bicyclic) bond motifs is 2. The van der Waals surface area contributed by atoms with Gasteiger partial charge in [0.25, 0.3) is 0 Å². The van der Waals surface area contributed by atoms with Gasteiger partial charge >= 0.3 is 0 Å². The lowest BCUT2D eigenvalue weighted by Crippen LogP contribution is -2.24. The highest BCUT2D eigenvalue weighted by atomic mass is 16.2. The van der Waals surface area contributed by atoms with E-state index in [4.69, 9.17) is 11.5 Å². The SMILES string of the molecule is CC(C)Cc1c(C(N)=O)c(C(N)=O)c2c3cccc4cccc(c5cccc1c52)c43. The number of nitrogens with two attached hydrogens (primary N) is 2. The third-order valence-corrected chi connectivity index (χ3v) is 6.01. The summed E-state index contributed by atoms with van der Waals surface area (Å²) in [5, 5.41) is 7.89. The van der Waals surface area contributed by atoms with Gasteiger partial charge in [0.2, 0.25) is 11.8 Å². The van der Waals surface area contributed by atoms with Gasteiger partial charge in [-0.15, -0.1) is 0 Å². The average molecular weight is 394 g/mol. The van der Waals surface area contributed by atoms with E-state index in [2.05, 4.69) is 38.1 Å². The van der Waals surface area contributed by atoms with E-state index >= 15 is 0 Å². The predicted octanol–water partition coefficient (Wildman–Crippen LogP) is 5.13. The maximum Gasteiger partial charge on any atom is 0.250 e. The Morgan fingerprint density at radius 2 is 1.23 bits per heavy atom. The van der Waals surface area contributed by atoms with E-state index < -0.39 is 11.8 Å². The van der Waals surface area contributed by atoms with Crippen LogP contribution in [-0.2, 0) is 6.42 Å². The van der Waals surface area contributed by atoms with Crippen LogP contribution in [0, 0.1) is 5.92 Å². The lowest BCUT2D eigenvalue weighted by Gasteiger charge is -2.22. The van der Waals surface area contributed by atoms with Gasteiger partial charge in [-0.1, -0.05) is 68.4 Å². The zero-order chi connectivity index (χ0) is 21.2. The molecule has 0 radical (unpaired) electrons. The molecule has 0 aromatic heterocycles. The molecule has 0 spiro atoms. The molecular formula is C26H22N2O2. The van der Waals surface area contributed by atoms with E-state index in [1.165, 1.54) is 0 Å². The topological polar surface area (TPSA) is 86.2 Å². The van der Waals surface area contributed by atoms with Gasteiger partial charge in [-0.05, 0) is 55.6 Å². The maximum absolute atomic E-state index is 12.8. The molecule has 0 aliphatic carbocycles. The van der Waals surface area contributed by atoms with E-state index in [1.807, 2.05) is 30.3 Å². The van der Waals surface area contributed by atoms with Crippen molar-refractivity contribution in [2.75, 3.05) is 0 Å². The second-order valence-corrected chi connectivity index (χ2v) is 8.37. The van der Waals surface area contributed by atoms with E-state index in [9.17, 15) is 9.59 Å². The Labute approximate surface area is 173 Å². The number of primary amides is 2. The van der Waals surface area contributed by atoms with Crippen molar-refractivity contribution < 1.29 is 9.59 Å². The smallest absolute Gasteiger partial charge is 0.250 e. The van der Waals surface area contributed by atoms with Crippen LogP contribution in [0.5, 0.6) is 0 Å². The minimum atomic E-state index is -0.628. The van der Waals surface area contributed by atoms with Gasteiger partial charge in [0.1, 0.15) is 0 Å². The van der Waals surface area contributed by atoms with Crippen LogP contribution in [0.3, 0.4) is 0 Å². The molecule has 0 saturated heterocycles. The number of hydrogen-bond acceptors (Lipinski definition) is 2. The Bertz CT molecular complexity index is 1490. The lowest BCUT2D eigenvalue weighted by molar-refractivity contribution is 0.0968. The Kier molecular flexibility index (Phi) is 3.93. The first-order valence-electron chi connectivity index (χ1n) is 10.1. The molecule has 4 nitrogen and oxygen atoms in total. The molecule has 0 heterocycles. The van der Waals surface area contributed by atoms with Crippen molar-refractivity contribution in [3.63, 3.8) is 0 Å². The molecule has 0 atom stereocenters. The first kappa shape index (κ1) is 18.4. The van der Waals surface area contributed by atoms with E-state index in [1.54, 1.807) is 0 Å². The van der Waals surface area contributed by atoms with Gasteiger partial charge < -0.3 is 11.5 Å². The average Bonchev–Trinajstić information content (AvgIpc) is 2.71. The summed E-state index contributed by atoms with van der Waals surface area (Å²) in [6.07, 6.45) is 0.630. The van der Waals surface area contributed by atoms with Gasteiger partial charge in [-0.3, -0.25) is 9.59 Å². The summed E-state index contributed by atoms with van der Waals surface area (Å²) in [5.74, 6) is -0.967. The van der Waals surface area contributed by atoms with Crippen LogP contribution in [0.15, 0.2) is 54.6 Å². The van der Waals surface area contributed by atoms with Crippen LogP contribution >= 0.6 is 0 Å². The molecule has 4 heteroatoms. The molecule has 4 N–H and O–H groups in total. The van der Waals surface area contributed by atoms with E-state index in [0.29, 0.717) is 6.42 Å². The summed E-state index contributed by atoms with van der Waals surface area (Å²) < 4.78 is 0. The van der Waals surface area contributed by atoms with Crippen molar-refractivity contribution in [2.24, 2.45) is 17.4 Å². The summed E-state index contributed by atoms with van der Waals surface area (Å²) in [6.45, 7) is 4.17. The molecule has 30 heavy (non-hydrogen) atoms. The third-order valence-electron chi connectivity index (χ3n) is 6.01. The molecule has 2 amide bonds. The fourth-order valence-corrected chi connectivity index (χ4v) is 5.01.